The summed E-state index contributed by atoms with van der Waals surface area (Å²) in [5.41, 5.74) is 12.9. The molecule has 136 valence electrons. The van der Waals surface area contributed by atoms with Gasteiger partial charge in [-0.2, -0.15) is 0 Å². The fourth-order valence-corrected chi connectivity index (χ4v) is 3.62. The SMILES string of the molecule is CC(O)CNc1nc(-c2ccc(Cl)c(Cl)c2)c2c(N)c(C(N)=O)sc2n1. The summed E-state index contributed by atoms with van der Waals surface area (Å²) < 4.78 is 0. The summed E-state index contributed by atoms with van der Waals surface area (Å²) in [5, 5.41) is 13.7. The van der Waals surface area contributed by atoms with Crippen molar-refractivity contribution >= 4 is 62.3 Å². The van der Waals surface area contributed by atoms with Gasteiger partial charge in [-0.15, -0.1) is 11.3 Å². The smallest absolute Gasteiger partial charge is 0.260 e. The third-order valence-corrected chi connectivity index (χ3v) is 5.41. The number of aromatic nitrogens is 2. The first kappa shape index (κ1) is 18.7. The molecule has 0 aliphatic carbocycles. The number of nitrogens with zero attached hydrogens (tertiary/aromatic N) is 2. The Hall–Kier alpha value is -2.13. The van der Waals surface area contributed by atoms with Crippen LogP contribution < -0.4 is 16.8 Å². The molecule has 0 fully saturated rings. The van der Waals surface area contributed by atoms with Crippen LogP contribution in [-0.2, 0) is 0 Å². The zero-order valence-electron chi connectivity index (χ0n) is 13.6. The molecule has 3 aromatic rings. The number of carbonyl (C=O) groups excluding carboxylic acids is 1. The van der Waals surface area contributed by atoms with E-state index >= 15 is 0 Å². The number of aliphatic hydroxyl groups is 1. The predicted molar refractivity (Wildman–Crippen MR) is 106 cm³/mol. The molecule has 7 nitrogen and oxygen atoms in total. The first-order chi connectivity index (χ1) is 12.3. The number of nitrogen functional groups attached to an aromatic ring is 1. The number of thiophene rings is 1. The van der Waals surface area contributed by atoms with Crippen molar-refractivity contribution in [2.75, 3.05) is 17.6 Å². The molecular weight excluding hydrogens is 397 g/mol. The number of primary amides is 1. The third kappa shape index (κ3) is 3.54. The van der Waals surface area contributed by atoms with Gasteiger partial charge in [0, 0.05) is 12.1 Å². The average molecular weight is 412 g/mol. The highest BCUT2D eigenvalue weighted by Crippen LogP contribution is 2.40. The normalized spacial score (nSPS) is 12.3. The maximum atomic E-state index is 11.7. The Morgan fingerprint density at radius 1 is 1.35 bits per heavy atom. The van der Waals surface area contributed by atoms with Crippen LogP contribution in [0.1, 0.15) is 16.6 Å². The van der Waals surface area contributed by atoms with Gasteiger partial charge in [0.05, 0.1) is 32.9 Å². The number of rotatable bonds is 5. The highest BCUT2D eigenvalue weighted by molar-refractivity contribution is 7.21. The maximum absolute atomic E-state index is 11.7. The Labute approximate surface area is 163 Å². The van der Waals surface area contributed by atoms with E-state index in [0.29, 0.717) is 31.5 Å². The number of fused-ring (bicyclic) bond motifs is 1. The van der Waals surface area contributed by atoms with Gasteiger partial charge >= 0.3 is 0 Å². The second kappa shape index (κ2) is 7.24. The second-order valence-corrected chi connectivity index (χ2v) is 7.46. The number of aliphatic hydroxyl groups excluding tert-OH is 1. The summed E-state index contributed by atoms with van der Waals surface area (Å²) in [5.74, 6) is -0.346. The highest BCUT2D eigenvalue weighted by Gasteiger charge is 2.21. The number of amides is 1. The molecule has 10 heteroatoms. The molecule has 0 radical (unpaired) electrons. The molecular formula is C16H15Cl2N5O2S. The van der Waals surface area contributed by atoms with Crippen molar-refractivity contribution in [3.05, 3.63) is 33.1 Å². The van der Waals surface area contributed by atoms with Crippen molar-refractivity contribution in [2.24, 2.45) is 5.73 Å². The monoisotopic (exact) mass is 411 g/mol. The second-order valence-electron chi connectivity index (χ2n) is 5.64. The predicted octanol–water partition coefficient (Wildman–Crippen LogP) is 3.14. The standard InChI is InChI=1S/C16H15Cl2N5O2S/c1-6(24)5-21-16-22-12(7-2-3-8(17)9(18)4-7)10-11(19)13(14(20)25)26-15(10)23-16/h2-4,6,24H,5,19H2,1H3,(H2,20,25)(H,21,22,23). The van der Waals surface area contributed by atoms with Gasteiger partial charge in [-0.3, -0.25) is 4.79 Å². The first-order valence-corrected chi connectivity index (χ1v) is 9.12. The Kier molecular flexibility index (Phi) is 5.19. The third-order valence-electron chi connectivity index (χ3n) is 3.56. The van der Waals surface area contributed by atoms with Gasteiger partial charge in [-0.25, -0.2) is 9.97 Å². The molecule has 0 saturated heterocycles. The quantitative estimate of drug-likeness (QED) is 0.510. The van der Waals surface area contributed by atoms with Crippen LogP contribution in [0.3, 0.4) is 0 Å². The highest BCUT2D eigenvalue weighted by atomic mass is 35.5. The number of anilines is 2. The number of halogens is 2. The molecule has 26 heavy (non-hydrogen) atoms. The Balaban J connectivity index is 2.25. The van der Waals surface area contributed by atoms with Crippen LogP contribution in [0.15, 0.2) is 18.2 Å². The number of nitrogens with two attached hydrogens (primary N) is 2. The van der Waals surface area contributed by atoms with E-state index in [9.17, 15) is 9.90 Å². The minimum atomic E-state index is -0.635. The number of hydrogen-bond acceptors (Lipinski definition) is 7. The van der Waals surface area contributed by atoms with Crippen LogP contribution in [0.4, 0.5) is 11.6 Å². The van der Waals surface area contributed by atoms with Crippen LogP contribution >= 0.6 is 34.5 Å². The molecule has 1 atom stereocenters. The van der Waals surface area contributed by atoms with Crippen molar-refractivity contribution in [1.82, 2.24) is 9.97 Å². The molecule has 0 aliphatic heterocycles. The summed E-state index contributed by atoms with van der Waals surface area (Å²) in [6, 6.07) is 5.05. The van der Waals surface area contributed by atoms with Crippen LogP contribution in [-0.4, -0.2) is 33.6 Å². The number of carbonyl (C=O) groups is 1. The summed E-state index contributed by atoms with van der Waals surface area (Å²) >= 11 is 13.2. The van der Waals surface area contributed by atoms with Crippen molar-refractivity contribution in [2.45, 2.75) is 13.0 Å². The molecule has 1 aromatic carbocycles. The van der Waals surface area contributed by atoms with Crippen molar-refractivity contribution in [3.8, 4) is 11.3 Å². The lowest BCUT2D eigenvalue weighted by Gasteiger charge is -2.10. The minimum Gasteiger partial charge on any atom is -0.397 e. The molecule has 6 N–H and O–H groups in total. The summed E-state index contributed by atoms with van der Waals surface area (Å²) in [6.07, 6.45) is -0.586. The Morgan fingerprint density at radius 2 is 2.08 bits per heavy atom. The summed E-state index contributed by atoms with van der Waals surface area (Å²) in [4.78, 5) is 21.2. The van der Waals surface area contributed by atoms with Crippen molar-refractivity contribution in [3.63, 3.8) is 0 Å². The van der Waals surface area contributed by atoms with E-state index in [4.69, 9.17) is 34.7 Å². The van der Waals surface area contributed by atoms with Crippen LogP contribution in [0.2, 0.25) is 10.0 Å². The van der Waals surface area contributed by atoms with Gasteiger partial charge < -0.3 is 21.9 Å². The molecule has 1 amide bonds. The molecule has 0 aliphatic rings. The molecule has 1 unspecified atom stereocenters. The lowest BCUT2D eigenvalue weighted by atomic mass is 10.1. The first-order valence-electron chi connectivity index (χ1n) is 7.55. The van der Waals surface area contributed by atoms with Gasteiger partial charge in [0.1, 0.15) is 9.71 Å². The molecule has 2 heterocycles. The van der Waals surface area contributed by atoms with Crippen molar-refractivity contribution < 1.29 is 9.90 Å². The Morgan fingerprint density at radius 3 is 2.69 bits per heavy atom. The maximum Gasteiger partial charge on any atom is 0.260 e. The fraction of sp³-hybridized carbons (Fsp3) is 0.188. The summed E-state index contributed by atoms with van der Waals surface area (Å²) in [7, 11) is 0. The zero-order valence-corrected chi connectivity index (χ0v) is 15.9. The van der Waals surface area contributed by atoms with Gasteiger partial charge in [0.25, 0.3) is 5.91 Å². The average Bonchev–Trinajstić information content (AvgIpc) is 2.92. The molecule has 0 spiro atoms. The number of benzene rings is 1. The largest absolute Gasteiger partial charge is 0.397 e. The van der Waals surface area contributed by atoms with Crippen LogP contribution in [0.5, 0.6) is 0 Å². The van der Waals surface area contributed by atoms with E-state index in [-0.39, 0.29) is 23.1 Å². The van der Waals surface area contributed by atoms with Gasteiger partial charge in [-0.1, -0.05) is 29.3 Å². The topological polar surface area (TPSA) is 127 Å². The molecule has 0 bridgehead atoms. The zero-order chi connectivity index (χ0) is 19.0. The molecule has 3 rings (SSSR count). The van der Waals surface area contributed by atoms with E-state index in [1.807, 2.05) is 0 Å². The van der Waals surface area contributed by atoms with Gasteiger partial charge in [0.2, 0.25) is 5.95 Å². The number of hydrogen-bond donors (Lipinski definition) is 4. The van der Waals surface area contributed by atoms with Crippen LogP contribution in [0, 0.1) is 0 Å². The van der Waals surface area contributed by atoms with Gasteiger partial charge in [0.15, 0.2) is 0 Å². The van der Waals surface area contributed by atoms with E-state index in [1.165, 1.54) is 0 Å². The minimum absolute atomic E-state index is 0.211. The summed E-state index contributed by atoms with van der Waals surface area (Å²) in [6.45, 7) is 1.90. The van der Waals surface area contributed by atoms with E-state index in [0.717, 1.165) is 11.3 Å². The van der Waals surface area contributed by atoms with Crippen LogP contribution in [0.25, 0.3) is 21.5 Å². The lowest BCUT2D eigenvalue weighted by molar-refractivity contribution is 0.100. The van der Waals surface area contributed by atoms with Gasteiger partial charge in [-0.05, 0) is 19.1 Å². The van der Waals surface area contributed by atoms with Crippen molar-refractivity contribution in [1.29, 1.82) is 0 Å². The van der Waals surface area contributed by atoms with E-state index in [1.54, 1.807) is 25.1 Å². The number of nitrogens with one attached hydrogen (secondary N) is 1. The van der Waals surface area contributed by atoms with E-state index in [2.05, 4.69) is 15.3 Å². The van der Waals surface area contributed by atoms with E-state index < -0.39 is 12.0 Å². The fourth-order valence-electron chi connectivity index (χ4n) is 2.38. The molecule has 2 aromatic heterocycles. The molecule has 0 saturated carbocycles. The lowest BCUT2D eigenvalue weighted by Crippen LogP contribution is -2.17. The Bertz CT molecular complexity index is 1010.